The first-order valence-corrected chi connectivity index (χ1v) is 8.79. The van der Waals surface area contributed by atoms with E-state index >= 15 is 0 Å². The molecule has 110 valence electrons. The van der Waals surface area contributed by atoms with Crippen molar-refractivity contribution in [2.24, 2.45) is 0 Å². The van der Waals surface area contributed by atoms with Crippen LogP contribution in [-0.2, 0) is 0 Å². The summed E-state index contributed by atoms with van der Waals surface area (Å²) in [5.41, 5.74) is 1.66. The number of rotatable bonds is 8. The molecule has 1 unspecified atom stereocenters. The second kappa shape index (κ2) is 9.25. The Hall–Kier alpha value is -0.730. The Kier molecular flexibility index (Phi) is 7.24. The lowest BCUT2D eigenvalue weighted by molar-refractivity contribution is 0.282. The molecule has 2 rings (SSSR count). The standard InChI is InChI=1S/C18H26OS/c19-15-9-3-8-14-18(16-10-4-1-5-11-16)20-17-12-6-2-7-13-17/h2,6-7,10,12-13,18-19H,1,3-5,8-9,11,14-15H2. The van der Waals surface area contributed by atoms with Crippen LogP contribution in [0.15, 0.2) is 46.9 Å². The van der Waals surface area contributed by atoms with E-state index in [1.54, 1.807) is 5.57 Å². The molecule has 1 atom stereocenters. The molecule has 1 aliphatic rings. The molecule has 1 N–H and O–H groups in total. The zero-order valence-electron chi connectivity index (χ0n) is 12.3. The van der Waals surface area contributed by atoms with Crippen LogP contribution in [0.2, 0.25) is 0 Å². The van der Waals surface area contributed by atoms with Crippen molar-refractivity contribution >= 4 is 11.8 Å². The van der Waals surface area contributed by atoms with Crippen LogP contribution >= 0.6 is 11.8 Å². The number of unbranched alkanes of at least 4 members (excludes halogenated alkanes) is 2. The van der Waals surface area contributed by atoms with Gasteiger partial charge in [-0.3, -0.25) is 0 Å². The summed E-state index contributed by atoms with van der Waals surface area (Å²) in [5.74, 6) is 0. The molecule has 0 fully saturated rings. The van der Waals surface area contributed by atoms with E-state index in [4.69, 9.17) is 5.11 Å². The Morgan fingerprint density at radius 2 is 1.90 bits per heavy atom. The highest BCUT2D eigenvalue weighted by atomic mass is 32.2. The number of thioether (sulfide) groups is 1. The van der Waals surface area contributed by atoms with E-state index < -0.39 is 0 Å². The van der Waals surface area contributed by atoms with Crippen molar-refractivity contribution in [2.75, 3.05) is 6.61 Å². The fraction of sp³-hybridized carbons (Fsp3) is 0.556. The van der Waals surface area contributed by atoms with Crippen molar-refractivity contribution in [1.82, 2.24) is 0 Å². The molecule has 0 aromatic heterocycles. The van der Waals surface area contributed by atoms with Crippen LogP contribution in [0.25, 0.3) is 0 Å². The summed E-state index contributed by atoms with van der Waals surface area (Å²) in [6.45, 7) is 0.333. The molecule has 0 spiro atoms. The summed E-state index contributed by atoms with van der Waals surface area (Å²) in [4.78, 5) is 1.38. The number of benzene rings is 1. The molecular weight excluding hydrogens is 264 g/mol. The number of hydrogen-bond acceptors (Lipinski definition) is 2. The summed E-state index contributed by atoms with van der Waals surface area (Å²) in [6, 6.07) is 10.8. The maximum atomic E-state index is 8.90. The summed E-state index contributed by atoms with van der Waals surface area (Å²) in [6.07, 6.45) is 12.3. The van der Waals surface area contributed by atoms with Crippen molar-refractivity contribution in [2.45, 2.75) is 61.5 Å². The molecule has 0 saturated carbocycles. The first-order chi connectivity index (χ1) is 9.90. The molecule has 0 amide bonds. The van der Waals surface area contributed by atoms with Gasteiger partial charge in [0.1, 0.15) is 0 Å². The summed E-state index contributed by atoms with van der Waals surface area (Å²) in [5, 5.41) is 9.53. The minimum atomic E-state index is 0.333. The minimum Gasteiger partial charge on any atom is -0.396 e. The fourth-order valence-corrected chi connectivity index (χ4v) is 4.05. The van der Waals surface area contributed by atoms with E-state index in [0.29, 0.717) is 11.9 Å². The highest BCUT2D eigenvalue weighted by Gasteiger charge is 2.17. The topological polar surface area (TPSA) is 20.2 Å². The number of aliphatic hydroxyl groups is 1. The Bertz CT molecular complexity index is 399. The van der Waals surface area contributed by atoms with Gasteiger partial charge in [0.05, 0.1) is 0 Å². The van der Waals surface area contributed by atoms with Crippen molar-refractivity contribution in [3.05, 3.63) is 42.0 Å². The molecule has 1 aliphatic carbocycles. The summed E-state index contributed by atoms with van der Waals surface area (Å²) < 4.78 is 0. The molecule has 1 aromatic rings. The van der Waals surface area contributed by atoms with Crippen LogP contribution in [0, 0.1) is 0 Å². The number of allylic oxidation sites excluding steroid dienone is 1. The Morgan fingerprint density at radius 3 is 2.60 bits per heavy atom. The summed E-state index contributed by atoms with van der Waals surface area (Å²) in [7, 11) is 0. The summed E-state index contributed by atoms with van der Waals surface area (Å²) >= 11 is 2.02. The molecule has 20 heavy (non-hydrogen) atoms. The van der Waals surface area contributed by atoms with Gasteiger partial charge in [0, 0.05) is 16.8 Å². The largest absolute Gasteiger partial charge is 0.396 e. The average Bonchev–Trinajstić information content (AvgIpc) is 2.52. The first kappa shape index (κ1) is 15.7. The highest BCUT2D eigenvalue weighted by molar-refractivity contribution is 8.00. The molecule has 1 aromatic carbocycles. The fourth-order valence-electron chi connectivity index (χ4n) is 2.76. The first-order valence-electron chi connectivity index (χ1n) is 7.91. The van der Waals surface area contributed by atoms with E-state index in [-0.39, 0.29) is 0 Å². The van der Waals surface area contributed by atoms with Gasteiger partial charge in [0.15, 0.2) is 0 Å². The molecule has 0 saturated heterocycles. The zero-order valence-corrected chi connectivity index (χ0v) is 13.1. The minimum absolute atomic E-state index is 0.333. The predicted molar refractivity (Wildman–Crippen MR) is 88.2 cm³/mol. The quantitative estimate of drug-likeness (QED) is 0.403. The number of aliphatic hydroxyl groups excluding tert-OH is 1. The van der Waals surface area contributed by atoms with Gasteiger partial charge in [0.25, 0.3) is 0 Å². The number of hydrogen-bond donors (Lipinski definition) is 1. The van der Waals surface area contributed by atoms with E-state index in [2.05, 4.69) is 36.4 Å². The predicted octanol–water partition coefficient (Wildman–Crippen LogP) is 5.20. The molecule has 1 nitrogen and oxygen atoms in total. The van der Waals surface area contributed by atoms with Crippen molar-refractivity contribution in [3.8, 4) is 0 Å². The van der Waals surface area contributed by atoms with Gasteiger partial charge < -0.3 is 5.11 Å². The second-order valence-electron chi connectivity index (χ2n) is 5.52. The molecule has 2 heteroatoms. The van der Waals surface area contributed by atoms with Crippen LogP contribution < -0.4 is 0 Å². The molecular formula is C18H26OS. The third kappa shape index (κ3) is 5.34. The average molecular weight is 290 g/mol. The Balaban J connectivity index is 1.94. The normalized spacial score (nSPS) is 16.8. The second-order valence-corrected chi connectivity index (χ2v) is 6.79. The van der Waals surface area contributed by atoms with E-state index in [0.717, 1.165) is 12.8 Å². The van der Waals surface area contributed by atoms with Gasteiger partial charge in [-0.15, -0.1) is 11.8 Å². The van der Waals surface area contributed by atoms with E-state index in [1.807, 2.05) is 11.8 Å². The zero-order chi connectivity index (χ0) is 14.0. The lowest BCUT2D eigenvalue weighted by Crippen LogP contribution is -2.09. The van der Waals surface area contributed by atoms with Crippen LogP contribution in [-0.4, -0.2) is 17.0 Å². The monoisotopic (exact) mass is 290 g/mol. The highest BCUT2D eigenvalue weighted by Crippen LogP contribution is 2.35. The van der Waals surface area contributed by atoms with Crippen LogP contribution in [0.5, 0.6) is 0 Å². The molecule has 0 heterocycles. The molecule has 0 aliphatic heterocycles. The Morgan fingerprint density at radius 1 is 1.05 bits per heavy atom. The van der Waals surface area contributed by atoms with Crippen molar-refractivity contribution in [3.63, 3.8) is 0 Å². The molecule has 0 bridgehead atoms. The third-order valence-electron chi connectivity index (χ3n) is 3.89. The van der Waals surface area contributed by atoms with E-state index in [9.17, 15) is 0 Å². The maximum Gasteiger partial charge on any atom is 0.0431 e. The SMILES string of the molecule is OCCCCCC(Sc1ccccc1)C1=CCCCC1. The van der Waals surface area contributed by atoms with E-state index in [1.165, 1.54) is 43.4 Å². The maximum absolute atomic E-state index is 8.90. The van der Waals surface area contributed by atoms with Gasteiger partial charge in [-0.1, -0.05) is 42.7 Å². The van der Waals surface area contributed by atoms with Crippen molar-refractivity contribution < 1.29 is 5.11 Å². The lowest BCUT2D eigenvalue weighted by atomic mass is 9.94. The molecule has 0 radical (unpaired) electrons. The lowest BCUT2D eigenvalue weighted by Gasteiger charge is -2.23. The smallest absolute Gasteiger partial charge is 0.0431 e. The third-order valence-corrected chi connectivity index (χ3v) is 5.25. The van der Waals surface area contributed by atoms with Gasteiger partial charge in [0.2, 0.25) is 0 Å². The van der Waals surface area contributed by atoms with Gasteiger partial charge in [-0.2, -0.15) is 0 Å². The van der Waals surface area contributed by atoms with Crippen molar-refractivity contribution in [1.29, 1.82) is 0 Å². The van der Waals surface area contributed by atoms with Gasteiger partial charge >= 0.3 is 0 Å². The Labute approximate surface area is 127 Å². The van der Waals surface area contributed by atoms with Crippen LogP contribution in [0.4, 0.5) is 0 Å². The van der Waals surface area contributed by atoms with Gasteiger partial charge in [-0.25, -0.2) is 0 Å². The van der Waals surface area contributed by atoms with Gasteiger partial charge in [-0.05, 0) is 50.7 Å². The van der Waals surface area contributed by atoms with Crippen LogP contribution in [0.3, 0.4) is 0 Å². The van der Waals surface area contributed by atoms with Crippen LogP contribution in [0.1, 0.15) is 51.4 Å².